The number of hydrogen-bond donors (Lipinski definition) is 1. The third kappa shape index (κ3) is 4.88. The highest BCUT2D eigenvalue weighted by atomic mass is 16.5. The predicted octanol–water partition coefficient (Wildman–Crippen LogP) is 5.15. The standard InChI is InChI=1S/C24H25NO4/c1-16-9-11-20(17(2)13-16)25-24(26)18-10-12-21(27-3)19(14-18)15-29-23-8-6-5-7-22(23)28-4/h5-14H,15H2,1-4H3,(H,25,26). The molecule has 0 aliphatic heterocycles. The highest BCUT2D eigenvalue weighted by Crippen LogP contribution is 2.29. The zero-order valence-corrected chi connectivity index (χ0v) is 17.1. The first-order valence-electron chi connectivity index (χ1n) is 9.33. The molecule has 0 spiro atoms. The van der Waals surface area contributed by atoms with Gasteiger partial charge in [0.2, 0.25) is 0 Å². The summed E-state index contributed by atoms with van der Waals surface area (Å²) in [7, 11) is 3.19. The van der Waals surface area contributed by atoms with Crippen molar-refractivity contribution in [2.45, 2.75) is 20.5 Å². The molecule has 5 nitrogen and oxygen atoms in total. The molecule has 0 saturated carbocycles. The molecular formula is C24H25NO4. The molecule has 0 saturated heterocycles. The van der Waals surface area contributed by atoms with Gasteiger partial charge in [0, 0.05) is 16.8 Å². The Morgan fingerprint density at radius 2 is 1.59 bits per heavy atom. The number of nitrogens with one attached hydrogen (secondary N) is 1. The summed E-state index contributed by atoms with van der Waals surface area (Å²) >= 11 is 0. The maximum Gasteiger partial charge on any atom is 0.255 e. The minimum atomic E-state index is -0.182. The maximum absolute atomic E-state index is 12.8. The summed E-state index contributed by atoms with van der Waals surface area (Å²) in [4.78, 5) is 12.8. The van der Waals surface area contributed by atoms with Crippen molar-refractivity contribution in [1.82, 2.24) is 0 Å². The molecule has 3 aromatic rings. The Hall–Kier alpha value is -3.47. The fraction of sp³-hybridized carbons (Fsp3) is 0.208. The van der Waals surface area contributed by atoms with Gasteiger partial charge in [0.05, 0.1) is 14.2 Å². The lowest BCUT2D eigenvalue weighted by Crippen LogP contribution is -2.13. The van der Waals surface area contributed by atoms with E-state index in [0.29, 0.717) is 22.8 Å². The van der Waals surface area contributed by atoms with Gasteiger partial charge in [-0.25, -0.2) is 0 Å². The molecule has 0 aromatic heterocycles. The molecule has 0 aliphatic rings. The highest BCUT2D eigenvalue weighted by Gasteiger charge is 2.13. The maximum atomic E-state index is 12.8. The van der Waals surface area contributed by atoms with E-state index in [1.807, 2.05) is 56.3 Å². The molecule has 3 rings (SSSR count). The van der Waals surface area contributed by atoms with Gasteiger partial charge in [-0.05, 0) is 55.8 Å². The van der Waals surface area contributed by atoms with Crippen molar-refractivity contribution in [2.75, 3.05) is 19.5 Å². The van der Waals surface area contributed by atoms with Crippen LogP contribution in [0.1, 0.15) is 27.0 Å². The number of anilines is 1. The third-order valence-corrected chi connectivity index (χ3v) is 4.62. The number of benzene rings is 3. The number of carbonyl (C=O) groups excluding carboxylic acids is 1. The molecule has 0 fully saturated rings. The number of para-hydroxylation sites is 2. The van der Waals surface area contributed by atoms with Crippen molar-refractivity contribution < 1.29 is 19.0 Å². The van der Waals surface area contributed by atoms with Crippen molar-refractivity contribution in [2.24, 2.45) is 0 Å². The summed E-state index contributed by atoms with van der Waals surface area (Å²) in [6, 6.07) is 18.7. The molecule has 0 radical (unpaired) electrons. The van der Waals surface area contributed by atoms with Gasteiger partial charge in [-0.15, -0.1) is 0 Å². The van der Waals surface area contributed by atoms with E-state index in [4.69, 9.17) is 14.2 Å². The van der Waals surface area contributed by atoms with Crippen molar-refractivity contribution in [3.8, 4) is 17.2 Å². The highest BCUT2D eigenvalue weighted by molar-refractivity contribution is 6.04. The topological polar surface area (TPSA) is 56.8 Å². The minimum absolute atomic E-state index is 0.182. The van der Waals surface area contributed by atoms with E-state index in [0.717, 1.165) is 22.4 Å². The lowest BCUT2D eigenvalue weighted by atomic mass is 10.1. The molecule has 29 heavy (non-hydrogen) atoms. The van der Waals surface area contributed by atoms with Crippen molar-refractivity contribution in [3.05, 3.63) is 82.9 Å². The molecule has 150 valence electrons. The Labute approximate surface area is 171 Å². The van der Waals surface area contributed by atoms with E-state index < -0.39 is 0 Å². The minimum Gasteiger partial charge on any atom is -0.496 e. The van der Waals surface area contributed by atoms with Crippen LogP contribution in [0.15, 0.2) is 60.7 Å². The number of amides is 1. The van der Waals surface area contributed by atoms with Crippen LogP contribution in [0, 0.1) is 13.8 Å². The van der Waals surface area contributed by atoms with Crippen LogP contribution in [0.4, 0.5) is 5.69 Å². The monoisotopic (exact) mass is 391 g/mol. The summed E-state index contributed by atoms with van der Waals surface area (Å²) in [6.07, 6.45) is 0. The average Bonchev–Trinajstić information content (AvgIpc) is 2.74. The number of methoxy groups -OCH3 is 2. The van der Waals surface area contributed by atoms with Gasteiger partial charge < -0.3 is 19.5 Å². The summed E-state index contributed by atoms with van der Waals surface area (Å²) in [6.45, 7) is 4.24. The van der Waals surface area contributed by atoms with E-state index in [1.54, 1.807) is 32.4 Å². The molecule has 0 unspecified atom stereocenters. The summed E-state index contributed by atoms with van der Waals surface area (Å²) in [5.41, 5.74) is 4.27. The summed E-state index contributed by atoms with van der Waals surface area (Å²) in [5, 5.41) is 2.97. The first kappa shape index (κ1) is 20.3. The molecular weight excluding hydrogens is 366 g/mol. The van der Waals surface area contributed by atoms with Crippen molar-refractivity contribution in [1.29, 1.82) is 0 Å². The first-order chi connectivity index (χ1) is 14.0. The van der Waals surface area contributed by atoms with Crippen LogP contribution in [0.25, 0.3) is 0 Å². The predicted molar refractivity (Wildman–Crippen MR) is 114 cm³/mol. The van der Waals surface area contributed by atoms with Crippen LogP contribution < -0.4 is 19.5 Å². The summed E-state index contributed by atoms with van der Waals surface area (Å²) < 4.78 is 16.7. The number of rotatable bonds is 7. The normalized spacial score (nSPS) is 10.3. The van der Waals surface area contributed by atoms with Gasteiger partial charge in [0.1, 0.15) is 12.4 Å². The first-order valence-corrected chi connectivity index (χ1v) is 9.33. The molecule has 1 amide bonds. The SMILES string of the molecule is COc1ccc(C(=O)Nc2ccc(C)cc2C)cc1COc1ccccc1OC. The smallest absolute Gasteiger partial charge is 0.255 e. The van der Waals surface area contributed by atoms with Crippen LogP contribution >= 0.6 is 0 Å². The fourth-order valence-corrected chi connectivity index (χ4v) is 3.07. The van der Waals surface area contributed by atoms with E-state index in [-0.39, 0.29) is 12.5 Å². The quantitative estimate of drug-likeness (QED) is 0.605. The number of ether oxygens (including phenoxy) is 3. The molecule has 0 heterocycles. The van der Waals surface area contributed by atoms with E-state index >= 15 is 0 Å². The molecule has 3 aromatic carbocycles. The van der Waals surface area contributed by atoms with Gasteiger partial charge in [-0.1, -0.05) is 29.8 Å². The third-order valence-electron chi connectivity index (χ3n) is 4.62. The largest absolute Gasteiger partial charge is 0.496 e. The van der Waals surface area contributed by atoms with E-state index in [1.165, 1.54) is 0 Å². The Morgan fingerprint density at radius 3 is 2.28 bits per heavy atom. The zero-order chi connectivity index (χ0) is 20.8. The molecule has 5 heteroatoms. The van der Waals surface area contributed by atoms with Gasteiger partial charge in [0.25, 0.3) is 5.91 Å². The fourth-order valence-electron chi connectivity index (χ4n) is 3.07. The Kier molecular flexibility index (Phi) is 6.39. The second kappa shape index (κ2) is 9.15. The number of aryl methyl sites for hydroxylation is 2. The van der Waals surface area contributed by atoms with Crippen molar-refractivity contribution in [3.63, 3.8) is 0 Å². The van der Waals surface area contributed by atoms with Crippen LogP contribution in [0.3, 0.4) is 0 Å². The Balaban J connectivity index is 1.79. The Morgan fingerprint density at radius 1 is 0.862 bits per heavy atom. The zero-order valence-electron chi connectivity index (χ0n) is 17.1. The number of carbonyl (C=O) groups is 1. The molecule has 1 N–H and O–H groups in total. The van der Waals surface area contributed by atoms with Crippen LogP contribution in [-0.2, 0) is 6.61 Å². The number of hydrogen-bond acceptors (Lipinski definition) is 4. The lowest BCUT2D eigenvalue weighted by Gasteiger charge is -2.14. The van der Waals surface area contributed by atoms with E-state index in [9.17, 15) is 4.79 Å². The second-order valence-electron chi connectivity index (χ2n) is 6.74. The van der Waals surface area contributed by atoms with Crippen LogP contribution in [0.2, 0.25) is 0 Å². The average molecular weight is 391 g/mol. The van der Waals surface area contributed by atoms with Crippen LogP contribution in [-0.4, -0.2) is 20.1 Å². The molecule has 0 aliphatic carbocycles. The Bertz CT molecular complexity index is 1010. The van der Waals surface area contributed by atoms with Gasteiger partial charge in [-0.2, -0.15) is 0 Å². The molecule has 0 atom stereocenters. The van der Waals surface area contributed by atoms with Gasteiger partial charge in [-0.3, -0.25) is 4.79 Å². The lowest BCUT2D eigenvalue weighted by molar-refractivity contribution is 0.102. The molecule has 0 bridgehead atoms. The van der Waals surface area contributed by atoms with Crippen molar-refractivity contribution >= 4 is 11.6 Å². The van der Waals surface area contributed by atoms with Gasteiger partial charge in [0.15, 0.2) is 11.5 Å². The van der Waals surface area contributed by atoms with Crippen LogP contribution in [0.5, 0.6) is 17.2 Å². The summed E-state index contributed by atoms with van der Waals surface area (Å²) in [5.74, 6) is 1.75. The second-order valence-corrected chi connectivity index (χ2v) is 6.74. The van der Waals surface area contributed by atoms with E-state index in [2.05, 4.69) is 5.32 Å². The van der Waals surface area contributed by atoms with Gasteiger partial charge >= 0.3 is 0 Å².